The second-order valence-corrected chi connectivity index (χ2v) is 4.34. The number of carbonyl (C=O) groups is 2. The maximum atomic E-state index is 11.3. The average molecular weight is 226 g/mol. The second-order valence-electron chi connectivity index (χ2n) is 4.34. The molecule has 0 aliphatic heterocycles. The van der Waals surface area contributed by atoms with Crippen molar-refractivity contribution in [2.75, 3.05) is 19.6 Å². The van der Waals surface area contributed by atoms with Crippen LogP contribution in [0.5, 0.6) is 0 Å². The molecule has 0 spiro atoms. The van der Waals surface area contributed by atoms with Crippen molar-refractivity contribution < 1.29 is 9.59 Å². The molecular formula is C10H18N4O2. The molecule has 0 aliphatic carbocycles. The molecule has 0 aromatic heterocycles. The van der Waals surface area contributed by atoms with Gasteiger partial charge in [-0.1, -0.05) is 0 Å². The standard InChI is InChI=1S/C10H18N4O2/c1-10(2,3)14-9(16)7-12-6-8(15)13-5-4-11/h12H,5-7H2,1-3H3,(H,13,15)(H,14,16). The molecule has 0 heterocycles. The van der Waals surface area contributed by atoms with Gasteiger partial charge in [0, 0.05) is 5.54 Å². The molecule has 90 valence electrons. The van der Waals surface area contributed by atoms with Crippen LogP contribution in [0.15, 0.2) is 0 Å². The molecule has 0 radical (unpaired) electrons. The summed E-state index contributed by atoms with van der Waals surface area (Å²) in [6, 6.07) is 1.79. The van der Waals surface area contributed by atoms with E-state index in [-0.39, 0.29) is 37.0 Å². The number of hydrogen-bond acceptors (Lipinski definition) is 4. The molecule has 16 heavy (non-hydrogen) atoms. The molecular weight excluding hydrogens is 208 g/mol. The van der Waals surface area contributed by atoms with Gasteiger partial charge in [-0.15, -0.1) is 0 Å². The van der Waals surface area contributed by atoms with Crippen LogP contribution in [0, 0.1) is 11.3 Å². The quantitative estimate of drug-likeness (QED) is 0.531. The Hall–Kier alpha value is -1.61. The topological polar surface area (TPSA) is 94.0 Å². The molecule has 2 amide bonds. The molecule has 6 nitrogen and oxygen atoms in total. The molecule has 0 saturated heterocycles. The van der Waals surface area contributed by atoms with Gasteiger partial charge in [0.15, 0.2) is 0 Å². The SMILES string of the molecule is CC(C)(C)NC(=O)CNCC(=O)NCC#N. The number of hydrogen-bond donors (Lipinski definition) is 3. The Morgan fingerprint density at radius 2 is 1.75 bits per heavy atom. The highest BCUT2D eigenvalue weighted by molar-refractivity contribution is 5.81. The maximum Gasteiger partial charge on any atom is 0.234 e. The molecule has 0 saturated carbocycles. The Balaban J connectivity index is 3.63. The molecule has 3 N–H and O–H groups in total. The minimum Gasteiger partial charge on any atom is -0.350 e. The lowest BCUT2D eigenvalue weighted by molar-refractivity contribution is -0.122. The predicted octanol–water partition coefficient (Wildman–Crippen LogP) is -0.870. The van der Waals surface area contributed by atoms with E-state index in [0.29, 0.717) is 0 Å². The largest absolute Gasteiger partial charge is 0.350 e. The zero-order chi connectivity index (χ0) is 12.6. The maximum absolute atomic E-state index is 11.3. The molecule has 0 aliphatic rings. The second kappa shape index (κ2) is 6.80. The average Bonchev–Trinajstić information content (AvgIpc) is 2.11. The summed E-state index contributed by atoms with van der Waals surface area (Å²) >= 11 is 0. The molecule has 6 heteroatoms. The van der Waals surface area contributed by atoms with Gasteiger partial charge < -0.3 is 10.6 Å². The smallest absolute Gasteiger partial charge is 0.234 e. The van der Waals surface area contributed by atoms with E-state index in [4.69, 9.17) is 5.26 Å². The molecule has 0 aromatic carbocycles. The van der Waals surface area contributed by atoms with Gasteiger partial charge in [-0.25, -0.2) is 0 Å². The van der Waals surface area contributed by atoms with E-state index in [1.165, 1.54) is 0 Å². The third-order valence-electron chi connectivity index (χ3n) is 1.45. The van der Waals surface area contributed by atoms with Crippen molar-refractivity contribution in [1.29, 1.82) is 5.26 Å². The summed E-state index contributed by atoms with van der Waals surface area (Å²) in [5, 5.41) is 16.0. The fraction of sp³-hybridized carbons (Fsp3) is 0.700. The van der Waals surface area contributed by atoms with Crippen LogP contribution in [0.3, 0.4) is 0 Å². The Kier molecular flexibility index (Phi) is 6.11. The number of carbonyl (C=O) groups excluding carboxylic acids is 2. The van der Waals surface area contributed by atoms with Gasteiger partial charge in [-0.3, -0.25) is 14.9 Å². The fourth-order valence-electron chi connectivity index (χ4n) is 0.953. The van der Waals surface area contributed by atoms with Crippen molar-refractivity contribution in [1.82, 2.24) is 16.0 Å². The summed E-state index contributed by atoms with van der Waals surface area (Å²) in [7, 11) is 0. The van der Waals surface area contributed by atoms with Crippen LogP contribution in [0.2, 0.25) is 0 Å². The minimum atomic E-state index is -0.301. The van der Waals surface area contributed by atoms with E-state index < -0.39 is 0 Å². The summed E-state index contributed by atoms with van der Waals surface area (Å²) in [6.07, 6.45) is 0. The Morgan fingerprint density at radius 1 is 1.19 bits per heavy atom. The van der Waals surface area contributed by atoms with Crippen LogP contribution < -0.4 is 16.0 Å². The van der Waals surface area contributed by atoms with Crippen molar-refractivity contribution in [2.24, 2.45) is 0 Å². The lowest BCUT2D eigenvalue weighted by Gasteiger charge is -2.20. The summed E-state index contributed by atoms with van der Waals surface area (Å²) < 4.78 is 0. The van der Waals surface area contributed by atoms with Crippen LogP contribution >= 0.6 is 0 Å². The van der Waals surface area contributed by atoms with Gasteiger partial charge in [-0.05, 0) is 20.8 Å². The third kappa shape index (κ3) is 8.97. The summed E-state index contributed by atoms with van der Waals surface area (Å²) in [6.45, 7) is 5.73. The van der Waals surface area contributed by atoms with Crippen LogP contribution in [0.4, 0.5) is 0 Å². The van der Waals surface area contributed by atoms with E-state index in [1.807, 2.05) is 20.8 Å². The summed E-state index contributed by atoms with van der Waals surface area (Å²) in [4.78, 5) is 22.3. The van der Waals surface area contributed by atoms with Crippen LogP contribution in [-0.4, -0.2) is 37.0 Å². The highest BCUT2D eigenvalue weighted by Crippen LogP contribution is 1.96. The first-order valence-corrected chi connectivity index (χ1v) is 5.00. The highest BCUT2D eigenvalue weighted by Gasteiger charge is 2.13. The zero-order valence-electron chi connectivity index (χ0n) is 9.89. The van der Waals surface area contributed by atoms with Crippen LogP contribution in [-0.2, 0) is 9.59 Å². The molecule has 0 aromatic rings. The monoisotopic (exact) mass is 226 g/mol. The van der Waals surface area contributed by atoms with Crippen LogP contribution in [0.1, 0.15) is 20.8 Å². The number of amides is 2. The first kappa shape index (κ1) is 14.4. The fourth-order valence-corrected chi connectivity index (χ4v) is 0.953. The normalized spacial score (nSPS) is 10.4. The van der Waals surface area contributed by atoms with Crippen molar-refractivity contribution >= 4 is 11.8 Å². The van der Waals surface area contributed by atoms with E-state index >= 15 is 0 Å². The van der Waals surface area contributed by atoms with Gasteiger partial charge in [-0.2, -0.15) is 5.26 Å². The Labute approximate surface area is 95.4 Å². The number of rotatable bonds is 5. The number of nitrogens with zero attached hydrogens (tertiary/aromatic N) is 1. The highest BCUT2D eigenvalue weighted by atomic mass is 16.2. The Bertz CT molecular complexity index is 288. The molecule has 0 rings (SSSR count). The minimum absolute atomic E-state index is 0.0191. The molecule has 0 unspecified atom stereocenters. The first-order chi connectivity index (χ1) is 7.35. The van der Waals surface area contributed by atoms with E-state index in [2.05, 4.69) is 16.0 Å². The lowest BCUT2D eigenvalue weighted by Crippen LogP contribution is -2.46. The molecule has 0 fully saturated rings. The van der Waals surface area contributed by atoms with E-state index in [1.54, 1.807) is 6.07 Å². The zero-order valence-corrected chi connectivity index (χ0v) is 9.89. The van der Waals surface area contributed by atoms with Gasteiger partial charge >= 0.3 is 0 Å². The van der Waals surface area contributed by atoms with Gasteiger partial charge in [0.05, 0.1) is 19.2 Å². The van der Waals surface area contributed by atoms with Gasteiger partial charge in [0.2, 0.25) is 11.8 Å². The number of nitriles is 1. The lowest BCUT2D eigenvalue weighted by atomic mass is 10.1. The van der Waals surface area contributed by atoms with E-state index in [9.17, 15) is 9.59 Å². The molecule has 0 atom stereocenters. The van der Waals surface area contributed by atoms with Crippen molar-refractivity contribution in [2.45, 2.75) is 26.3 Å². The van der Waals surface area contributed by atoms with Gasteiger partial charge in [0.25, 0.3) is 0 Å². The van der Waals surface area contributed by atoms with E-state index in [0.717, 1.165) is 0 Å². The molecule has 0 bridgehead atoms. The van der Waals surface area contributed by atoms with Crippen LogP contribution in [0.25, 0.3) is 0 Å². The summed E-state index contributed by atoms with van der Waals surface area (Å²) in [5.74, 6) is -0.467. The van der Waals surface area contributed by atoms with Crippen molar-refractivity contribution in [3.8, 4) is 6.07 Å². The number of nitrogens with one attached hydrogen (secondary N) is 3. The Morgan fingerprint density at radius 3 is 2.25 bits per heavy atom. The van der Waals surface area contributed by atoms with Crippen molar-refractivity contribution in [3.63, 3.8) is 0 Å². The predicted molar refractivity (Wildman–Crippen MR) is 59.4 cm³/mol. The third-order valence-corrected chi connectivity index (χ3v) is 1.45. The van der Waals surface area contributed by atoms with Crippen molar-refractivity contribution in [3.05, 3.63) is 0 Å². The summed E-state index contributed by atoms with van der Waals surface area (Å²) in [5.41, 5.74) is -0.276. The van der Waals surface area contributed by atoms with Gasteiger partial charge in [0.1, 0.15) is 6.54 Å². The first-order valence-electron chi connectivity index (χ1n) is 5.00.